The minimum absolute atomic E-state index is 0.0622. The van der Waals surface area contributed by atoms with Gasteiger partial charge in [-0.3, -0.25) is 0 Å². The van der Waals surface area contributed by atoms with E-state index in [1.165, 1.54) is 59.0 Å². The molecule has 0 spiro atoms. The van der Waals surface area contributed by atoms with Crippen LogP contribution in [-0.4, -0.2) is 12.3 Å². The number of nitrogens with zero attached hydrogens (tertiary/aromatic N) is 1. The van der Waals surface area contributed by atoms with Crippen LogP contribution in [-0.2, 0) is 5.41 Å². The number of benzene rings is 4. The van der Waals surface area contributed by atoms with Gasteiger partial charge in [-0.05, 0) is 59.9 Å². The maximum Gasteiger partial charge on any atom is 0.256 e. The van der Waals surface area contributed by atoms with E-state index in [-0.39, 0.29) is 17.7 Å². The minimum Gasteiger partial charge on any atom is -0.454 e. The van der Waals surface area contributed by atoms with Crippen LogP contribution in [0.25, 0.3) is 21.9 Å². The van der Waals surface area contributed by atoms with Crippen molar-refractivity contribution in [3.05, 3.63) is 78.4 Å². The summed E-state index contributed by atoms with van der Waals surface area (Å²) in [7, 11) is 0. The van der Waals surface area contributed by atoms with Gasteiger partial charge in [0, 0.05) is 27.6 Å². The molecule has 9 rings (SSSR count). The molecule has 36 heavy (non-hydrogen) atoms. The Morgan fingerprint density at radius 1 is 0.806 bits per heavy atom. The number of fused-ring (bicyclic) bond motifs is 11. The van der Waals surface area contributed by atoms with E-state index in [0.29, 0.717) is 0 Å². The van der Waals surface area contributed by atoms with E-state index < -0.39 is 0 Å². The largest absolute Gasteiger partial charge is 0.454 e. The quantitative estimate of drug-likeness (QED) is 0.247. The summed E-state index contributed by atoms with van der Waals surface area (Å²) in [6, 6.07) is 26.5. The second kappa shape index (κ2) is 6.18. The number of hydrogen-bond donors (Lipinski definition) is 0. The van der Waals surface area contributed by atoms with Crippen LogP contribution in [0, 0.1) is 0 Å². The summed E-state index contributed by atoms with van der Waals surface area (Å²) in [6.45, 7) is 5.16. The normalized spacial score (nSPS) is 24.8. The molecule has 1 saturated carbocycles. The molecule has 3 nitrogen and oxygen atoms in total. The third kappa shape index (κ3) is 2.00. The summed E-state index contributed by atoms with van der Waals surface area (Å²) < 4.78 is 13.2. The van der Waals surface area contributed by atoms with E-state index in [1.54, 1.807) is 0 Å². The molecule has 1 unspecified atom stereocenters. The molecule has 0 amide bonds. The van der Waals surface area contributed by atoms with Gasteiger partial charge in [0.05, 0.1) is 5.54 Å². The second-order valence-corrected chi connectivity index (χ2v) is 11.6. The van der Waals surface area contributed by atoms with Crippen LogP contribution in [0.15, 0.2) is 77.2 Å². The summed E-state index contributed by atoms with van der Waals surface area (Å²) >= 11 is 0. The predicted octanol–water partition coefficient (Wildman–Crippen LogP) is 6.26. The van der Waals surface area contributed by atoms with Crippen LogP contribution in [0.5, 0.6) is 11.5 Å². The Morgan fingerprint density at radius 3 is 2.61 bits per heavy atom. The van der Waals surface area contributed by atoms with Crippen molar-refractivity contribution in [2.45, 2.75) is 50.5 Å². The van der Waals surface area contributed by atoms with E-state index in [9.17, 15) is 0 Å². The second-order valence-electron chi connectivity index (χ2n) is 11.6. The summed E-state index contributed by atoms with van der Waals surface area (Å²) in [5.74, 6) is 1.83. The van der Waals surface area contributed by atoms with Gasteiger partial charge >= 0.3 is 0 Å². The van der Waals surface area contributed by atoms with E-state index in [0.717, 1.165) is 33.4 Å². The number of para-hydroxylation sites is 2. The van der Waals surface area contributed by atoms with Gasteiger partial charge in [-0.2, -0.15) is 0 Å². The molecule has 1 aliphatic carbocycles. The van der Waals surface area contributed by atoms with Gasteiger partial charge < -0.3 is 14.1 Å². The topological polar surface area (TPSA) is 25.6 Å². The van der Waals surface area contributed by atoms with Crippen LogP contribution < -0.4 is 26.0 Å². The van der Waals surface area contributed by atoms with E-state index in [4.69, 9.17) is 9.15 Å². The molecule has 4 heterocycles. The average molecular weight is 467 g/mol. The first-order valence-electron chi connectivity index (χ1n) is 13.3. The zero-order valence-electron chi connectivity index (χ0n) is 20.6. The zero-order chi connectivity index (χ0) is 23.8. The Morgan fingerprint density at radius 2 is 1.67 bits per heavy atom. The Bertz CT molecular complexity index is 1790. The molecule has 5 aromatic rings. The van der Waals surface area contributed by atoms with Gasteiger partial charge in [-0.25, -0.2) is 0 Å². The molecule has 0 radical (unpaired) electrons. The molecule has 4 aromatic carbocycles. The lowest BCUT2D eigenvalue weighted by atomic mass is 9.34. The van der Waals surface area contributed by atoms with E-state index in [2.05, 4.69) is 79.4 Å². The third-order valence-electron chi connectivity index (χ3n) is 10.1. The van der Waals surface area contributed by atoms with Crippen molar-refractivity contribution >= 4 is 56.4 Å². The first-order chi connectivity index (χ1) is 17.6. The van der Waals surface area contributed by atoms with Crippen molar-refractivity contribution in [3.8, 4) is 11.5 Å². The highest BCUT2D eigenvalue weighted by atomic mass is 16.5. The molecule has 1 aromatic heterocycles. The highest BCUT2D eigenvalue weighted by Gasteiger charge is 2.61. The lowest BCUT2D eigenvalue weighted by Crippen LogP contribution is -2.63. The summed E-state index contributed by atoms with van der Waals surface area (Å²) in [6.07, 6.45) is 5.04. The Balaban J connectivity index is 1.39. The molecule has 2 atom stereocenters. The molecular formula is C32H26BNO2. The smallest absolute Gasteiger partial charge is 0.256 e. The van der Waals surface area contributed by atoms with Gasteiger partial charge in [-0.15, -0.1) is 0 Å². The van der Waals surface area contributed by atoms with Crippen LogP contribution in [0.3, 0.4) is 0 Å². The Kier molecular flexibility index (Phi) is 3.35. The van der Waals surface area contributed by atoms with Crippen molar-refractivity contribution in [2.75, 3.05) is 4.90 Å². The SMILES string of the molecule is CC12CCCC[C@@]1(C)c1cccc3c1N2c1cccc2c1B3c1ccc3c(oc4ccccc43)c1O2. The van der Waals surface area contributed by atoms with Crippen molar-refractivity contribution in [1.29, 1.82) is 0 Å². The molecule has 1 fully saturated rings. The van der Waals surface area contributed by atoms with Crippen molar-refractivity contribution < 1.29 is 9.15 Å². The molecule has 4 heteroatoms. The molecule has 3 aliphatic heterocycles. The Hall–Kier alpha value is -3.66. The predicted molar refractivity (Wildman–Crippen MR) is 148 cm³/mol. The fourth-order valence-corrected chi connectivity index (χ4v) is 8.21. The number of furan rings is 1. The number of ether oxygens (including phenoxy) is 1. The summed E-state index contributed by atoms with van der Waals surface area (Å²) in [5.41, 5.74) is 10.2. The monoisotopic (exact) mass is 467 g/mol. The van der Waals surface area contributed by atoms with Crippen LogP contribution in [0.1, 0.15) is 45.1 Å². The van der Waals surface area contributed by atoms with Gasteiger partial charge in [0.25, 0.3) is 6.71 Å². The fourth-order valence-electron chi connectivity index (χ4n) is 8.21. The number of rotatable bonds is 0. The van der Waals surface area contributed by atoms with Gasteiger partial charge in [-0.1, -0.05) is 74.4 Å². The molecule has 0 saturated heterocycles. The van der Waals surface area contributed by atoms with Crippen molar-refractivity contribution in [1.82, 2.24) is 0 Å². The van der Waals surface area contributed by atoms with Crippen molar-refractivity contribution in [2.24, 2.45) is 0 Å². The number of hydrogen-bond acceptors (Lipinski definition) is 3. The Labute approximate surface area is 210 Å². The summed E-state index contributed by atoms with van der Waals surface area (Å²) in [5, 5.41) is 2.25. The lowest BCUT2D eigenvalue weighted by Gasteiger charge is -2.52. The van der Waals surface area contributed by atoms with Gasteiger partial charge in [0.15, 0.2) is 11.3 Å². The van der Waals surface area contributed by atoms with Crippen LogP contribution >= 0.6 is 0 Å². The summed E-state index contributed by atoms with van der Waals surface area (Å²) in [4.78, 5) is 2.71. The fraction of sp³-hybridized carbons (Fsp3) is 0.250. The van der Waals surface area contributed by atoms with E-state index >= 15 is 0 Å². The lowest BCUT2D eigenvalue weighted by molar-refractivity contribution is 0.195. The average Bonchev–Trinajstić information content (AvgIpc) is 3.38. The molecule has 0 bridgehead atoms. The van der Waals surface area contributed by atoms with Crippen molar-refractivity contribution in [3.63, 3.8) is 0 Å². The third-order valence-corrected chi connectivity index (χ3v) is 10.1. The van der Waals surface area contributed by atoms with Crippen LogP contribution in [0.4, 0.5) is 11.4 Å². The van der Waals surface area contributed by atoms with Crippen LogP contribution in [0.2, 0.25) is 0 Å². The molecule has 174 valence electrons. The minimum atomic E-state index is 0.0622. The molecule has 4 aliphatic rings. The standard InChI is InChI=1S/C32H26BNO2/c1-31-17-5-6-18-32(31,2)34-24-12-8-14-26-27(24)33(22-11-7-10-21(31)28(22)34)23-16-15-20-19-9-3-4-13-25(19)35-29(20)30(23)36-26/h3-4,7-16H,5-6,17-18H2,1-2H3/t31-,32?/m0/s1. The first kappa shape index (κ1) is 19.5. The van der Waals surface area contributed by atoms with E-state index in [1.807, 2.05) is 12.1 Å². The van der Waals surface area contributed by atoms with Gasteiger partial charge in [0.2, 0.25) is 0 Å². The molecule has 0 N–H and O–H groups in total. The first-order valence-corrected chi connectivity index (χ1v) is 13.3. The maximum atomic E-state index is 6.77. The van der Waals surface area contributed by atoms with Gasteiger partial charge in [0.1, 0.15) is 11.3 Å². The number of anilines is 2. The zero-order valence-corrected chi connectivity index (χ0v) is 20.6. The highest BCUT2D eigenvalue weighted by molar-refractivity contribution is 6.99. The molecular weight excluding hydrogens is 441 g/mol. The maximum absolute atomic E-state index is 6.77. The highest BCUT2D eigenvalue weighted by Crippen LogP contribution is 2.61.